The molecule has 25 heavy (non-hydrogen) atoms. The Balaban J connectivity index is 1.48. The zero-order valence-corrected chi connectivity index (χ0v) is 16.0. The summed E-state index contributed by atoms with van der Waals surface area (Å²) in [6.45, 7) is 2.68. The van der Waals surface area contributed by atoms with Gasteiger partial charge in [-0.3, -0.25) is 4.79 Å². The number of nitrogens with one attached hydrogen (secondary N) is 1. The number of amides is 1. The predicted molar refractivity (Wildman–Crippen MR) is 94.6 cm³/mol. The molecule has 0 bridgehead atoms. The molecule has 0 radical (unpaired) electrons. The molecule has 3 aliphatic rings. The Bertz CT molecular complexity index is 560. The van der Waals surface area contributed by atoms with Crippen molar-refractivity contribution in [2.75, 3.05) is 33.3 Å². The van der Waals surface area contributed by atoms with Crippen LogP contribution >= 0.6 is 0 Å². The summed E-state index contributed by atoms with van der Waals surface area (Å²) in [6, 6.07) is 0. The van der Waals surface area contributed by atoms with E-state index in [1.54, 1.807) is 7.11 Å². The average molecular weight is 374 g/mol. The fourth-order valence-electron chi connectivity index (χ4n) is 4.59. The highest BCUT2D eigenvalue weighted by molar-refractivity contribution is 7.87. The van der Waals surface area contributed by atoms with Gasteiger partial charge in [-0.15, -0.1) is 0 Å². The summed E-state index contributed by atoms with van der Waals surface area (Å²) in [5.74, 6) is 0.988. The van der Waals surface area contributed by atoms with Crippen molar-refractivity contribution < 1.29 is 18.0 Å². The Labute approximate surface area is 151 Å². The third-order valence-electron chi connectivity index (χ3n) is 6.14. The van der Waals surface area contributed by atoms with Crippen LogP contribution in [0.5, 0.6) is 0 Å². The second-order valence-corrected chi connectivity index (χ2v) is 9.41. The number of piperidine rings is 2. The van der Waals surface area contributed by atoms with E-state index in [0.29, 0.717) is 24.9 Å². The maximum absolute atomic E-state index is 12.6. The zero-order valence-electron chi connectivity index (χ0n) is 15.2. The van der Waals surface area contributed by atoms with Crippen LogP contribution in [0.2, 0.25) is 0 Å². The van der Waals surface area contributed by atoms with Crippen LogP contribution in [0.4, 0.5) is 0 Å². The summed E-state index contributed by atoms with van der Waals surface area (Å²) < 4.78 is 29.0. The largest absolute Gasteiger partial charge is 0.303 e. The molecule has 0 aromatic rings. The molecule has 2 heterocycles. The number of hydrogen-bond donors (Lipinski definition) is 1. The highest BCUT2D eigenvalue weighted by Gasteiger charge is 2.36. The van der Waals surface area contributed by atoms with Gasteiger partial charge in [0, 0.05) is 32.6 Å². The molecule has 1 N–H and O–H groups in total. The van der Waals surface area contributed by atoms with E-state index in [1.807, 2.05) is 5.06 Å². The van der Waals surface area contributed by atoms with Crippen LogP contribution in [-0.2, 0) is 19.8 Å². The van der Waals surface area contributed by atoms with Gasteiger partial charge in [0.05, 0.1) is 7.11 Å². The Morgan fingerprint density at radius 2 is 1.72 bits per heavy atom. The molecule has 1 amide bonds. The maximum Gasteiger partial charge on any atom is 0.303 e. The van der Waals surface area contributed by atoms with Gasteiger partial charge in [0.1, 0.15) is 0 Å². The van der Waals surface area contributed by atoms with Crippen molar-refractivity contribution in [3.05, 3.63) is 0 Å². The standard InChI is InChI=1S/C17H31N3O4S/c1-24-19-9-6-14(7-10-19)12-17(21)18-25(22,23)20-11-8-15-4-2-3-5-16(15)13-20/h14-16H,2-13H2,1H3,(H,18,21). The molecule has 2 atom stereocenters. The van der Waals surface area contributed by atoms with Crippen LogP contribution in [0.1, 0.15) is 51.4 Å². The molecular weight excluding hydrogens is 342 g/mol. The number of carbonyl (C=O) groups excluding carboxylic acids is 1. The highest BCUT2D eigenvalue weighted by atomic mass is 32.2. The van der Waals surface area contributed by atoms with E-state index in [-0.39, 0.29) is 18.2 Å². The van der Waals surface area contributed by atoms with Crippen LogP contribution in [-0.4, -0.2) is 57.0 Å². The summed E-state index contributed by atoms with van der Waals surface area (Å²) in [4.78, 5) is 17.4. The molecule has 1 saturated carbocycles. The molecule has 3 rings (SSSR count). The first-order chi connectivity index (χ1) is 12.0. The third-order valence-corrected chi connectivity index (χ3v) is 7.64. The number of nitrogens with zero attached hydrogens (tertiary/aromatic N) is 2. The van der Waals surface area contributed by atoms with Gasteiger partial charge >= 0.3 is 10.2 Å². The van der Waals surface area contributed by atoms with E-state index in [9.17, 15) is 13.2 Å². The minimum atomic E-state index is -3.70. The first-order valence-corrected chi connectivity index (χ1v) is 11.0. The lowest BCUT2D eigenvalue weighted by Gasteiger charge is -2.40. The van der Waals surface area contributed by atoms with E-state index in [0.717, 1.165) is 38.8 Å². The second-order valence-electron chi connectivity index (χ2n) is 7.74. The quantitative estimate of drug-likeness (QED) is 0.790. The Hall–Kier alpha value is -0.700. The molecule has 1 aliphatic carbocycles. The van der Waals surface area contributed by atoms with E-state index >= 15 is 0 Å². The van der Waals surface area contributed by atoms with Gasteiger partial charge in [-0.25, -0.2) is 4.72 Å². The minimum Gasteiger partial charge on any atom is -0.302 e. The van der Waals surface area contributed by atoms with Crippen molar-refractivity contribution in [2.24, 2.45) is 17.8 Å². The van der Waals surface area contributed by atoms with Gasteiger partial charge in [-0.2, -0.15) is 17.8 Å². The molecule has 3 fully saturated rings. The molecule has 7 nitrogen and oxygen atoms in total. The lowest BCUT2D eigenvalue weighted by Crippen LogP contribution is -2.50. The summed E-state index contributed by atoms with van der Waals surface area (Å²) in [5.41, 5.74) is 0. The molecule has 2 unspecified atom stereocenters. The van der Waals surface area contributed by atoms with Crippen LogP contribution in [0.15, 0.2) is 0 Å². The van der Waals surface area contributed by atoms with Crippen LogP contribution in [0.25, 0.3) is 0 Å². The normalized spacial score (nSPS) is 30.0. The summed E-state index contributed by atoms with van der Waals surface area (Å²) >= 11 is 0. The van der Waals surface area contributed by atoms with Gasteiger partial charge in [-0.05, 0) is 43.4 Å². The lowest BCUT2D eigenvalue weighted by molar-refractivity contribution is -0.149. The summed E-state index contributed by atoms with van der Waals surface area (Å²) in [7, 11) is -2.05. The van der Waals surface area contributed by atoms with Crippen LogP contribution < -0.4 is 4.72 Å². The van der Waals surface area contributed by atoms with Crippen molar-refractivity contribution in [2.45, 2.75) is 51.4 Å². The van der Waals surface area contributed by atoms with Crippen molar-refractivity contribution >= 4 is 16.1 Å². The number of carbonyl (C=O) groups is 1. The molecule has 0 spiro atoms. The number of rotatable bonds is 5. The maximum atomic E-state index is 12.6. The summed E-state index contributed by atoms with van der Waals surface area (Å²) in [6.07, 6.45) is 7.72. The van der Waals surface area contributed by atoms with Gasteiger partial charge < -0.3 is 4.84 Å². The molecular formula is C17H31N3O4S. The molecule has 8 heteroatoms. The van der Waals surface area contributed by atoms with E-state index in [1.165, 1.54) is 23.6 Å². The molecule has 2 aliphatic heterocycles. The predicted octanol–water partition coefficient (Wildman–Crippen LogP) is 1.52. The topological polar surface area (TPSA) is 79.0 Å². The minimum absolute atomic E-state index is 0.227. The Morgan fingerprint density at radius 1 is 1.04 bits per heavy atom. The van der Waals surface area contributed by atoms with Gasteiger partial charge in [0.25, 0.3) is 0 Å². The smallest absolute Gasteiger partial charge is 0.302 e. The molecule has 2 saturated heterocycles. The van der Waals surface area contributed by atoms with Gasteiger partial charge in [0.2, 0.25) is 5.91 Å². The first kappa shape index (κ1) is 19.1. The van der Waals surface area contributed by atoms with Crippen molar-refractivity contribution in [3.8, 4) is 0 Å². The van der Waals surface area contributed by atoms with Gasteiger partial charge in [0.15, 0.2) is 0 Å². The monoisotopic (exact) mass is 373 g/mol. The van der Waals surface area contributed by atoms with E-state index in [4.69, 9.17) is 4.84 Å². The van der Waals surface area contributed by atoms with Gasteiger partial charge in [-0.1, -0.05) is 19.3 Å². The molecule has 0 aromatic heterocycles. The second kappa shape index (κ2) is 8.33. The van der Waals surface area contributed by atoms with Crippen LogP contribution in [0, 0.1) is 17.8 Å². The molecule has 0 aromatic carbocycles. The first-order valence-electron chi connectivity index (χ1n) is 9.57. The van der Waals surface area contributed by atoms with E-state index in [2.05, 4.69) is 4.72 Å². The van der Waals surface area contributed by atoms with Crippen molar-refractivity contribution in [3.63, 3.8) is 0 Å². The lowest BCUT2D eigenvalue weighted by atomic mass is 9.76. The van der Waals surface area contributed by atoms with Crippen molar-refractivity contribution in [1.82, 2.24) is 14.1 Å². The van der Waals surface area contributed by atoms with Crippen LogP contribution in [0.3, 0.4) is 0 Å². The third kappa shape index (κ3) is 4.93. The number of fused-ring (bicyclic) bond motifs is 1. The SMILES string of the molecule is CON1CCC(CC(=O)NS(=O)(=O)N2CCC3CCCCC3C2)CC1. The van der Waals surface area contributed by atoms with Crippen molar-refractivity contribution in [1.29, 1.82) is 0 Å². The Kier molecular flexibility index (Phi) is 6.35. The molecule has 144 valence electrons. The van der Waals surface area contributed by atoms with E-state index < -0.39 is 10.2 Å². The highest BCUT2D eigenvalue weighted by Crippen LogP contribution is 2.36. The average Bonchev–Trinajstić information content (AvgIpc) is 2.61. The fourth-order valence-corrected chi connectivity index (χ4v) is 5.83. The summed E-state index contributed by atoms with van der Waals surface area (Å²) in [5, 5.41) is 1.87. The number of hydroxylamine groups is 2. The fraction of sp³-hybridized carbons (Fsp3) is 0.941. The number of hydrogen-bond acceptors (Lipinski definition) is 5. The Morgan fingerprint density at radius 3 is 2.40 bits per heavy atom. The zero-order chi connectivity index (χ0) is 17.9.